The summed E-state index contributed by atoms with van der Waals surface area (Å²) in [6.45, 7) is 4.46. The first kappa shape index (κ1) is 20.0. The van der Waals surface area contributed by atoms with Crippen LogP contribution in [0.15, 0.2) is 24.3 Å². The molecule has 1 amide bonds. The molecule has 1 aliphatic carbocycles. The molecular weight excluding hydrogens is 338 g/mol. The fraction of sp³-hybridized carbons (Fsp3) is 0.682. The van der Waals surface area contributed by atoms with Crippen LogP contribution in [0.2, 0.25) is 0 Å². The molecule has 1 aliphatic heterocycles. The standard InChI is InChI=1S/C22H35N3O2/c1-27-21-12-10-20(11-13-21)25-15-7-14-24(16-17-25)18-22(26)23-19-8-5-3-2-4-6-9-19/h10-13,19H,2-9,14-18H2,1H3,(H,23,26). The average Bonchev–Trinajstić information content (AvgIpc) is 2.89. The Morgan fingerprint density at radius 3 is 2.37 bits per heavy atom. The molecule has 27 heavy (non-hydrogen) atoms. The van der Waals surface area contributed by atoms with Crippen molar-refractivity contribution in [3.8, 4) is 5.75 Å². The minimum atomic E-state index is 0.207. The van der Waals surface area contributed by atoms with Gasteiger partial charge < -0.3 is 15.0 Å². The lowest BCUT2D eigenvalue weighted by atomic mass is 9.97. The molecule has 2 aliphatic rings. The number of hydrogen-bond acceptors (Lipinski definition) is 4. The molecule has 1 aromatic rings. The predicted octanol–water partition coefficient (Wildman–Crippen LogP) is 3.44. The van der Waals surface area contributed by atoms with E-state index >= 15 is 0 Å². The van der Waals surface area contributed by atoms with Gasteiger partial charge in [0.1, 0.15) is 5.75 Å². The van der Waals surface area contributed by atoms with Crippen LogP contribution in [0.1, 0.15) is 51.4 Å². The van der Waals surface area contributed by atoms with Crippen LogP contribution >= 0.6 is 0 Å². The summed E-state index contributed by atoms with van der Waals surface area (Å²) in [6, 6.07) is 8.66. The summed E-state index contributed by atoms with van der Waals surface area (Å²) in [5.74, 6) is 1.10. The number of nitrogens with zero attached hydrogens (tertiary/aromatic N) is 2. The first-order valence-corrected chi connectivity index (χ1v) is 10.7. The molecule has 150 valence electrons. The van der Waals surface area contributed by atoms with E-state index in [0.29, 0.717) is 12.6 Å². The Hall–Kier alpha value is -1.75. The molecule has 1 saturated heterocycles. The molecule has 0 bridgehead atoms. The second-order valence-electron chi connectivity index (χ2n) is 7.92. The van der Waals surface area contributed by atoms with E-state index in [4.69, 9.17) is 4.74 Å². The van der Waals surface area contributed by atoms with Crippen molar-refractivity contribution in [3.05, 3.63) is 24.3 Å². The monoisotopic (exact) mass is 373 g/mol. The van der Waals surface area contributed by atoms with Gasteiger partial charge in [-0.1, -0.05) is 32.1 Å². The van der Waals surface area contributed by atoms with Crippen molar-refractivity contribution >= 4 is 11.6 Å². The van der Waals surface area contributed by atoms with Crippen LogP contribution in [-0.2, 0) is 4.79 Å². The number of ether oxygens (including phenoxy) is 1. The van der Waals surface area contributed by atoms with Gasteiger partial charge in [0, 0.05) is 37.9 Å². The smallest absolute Gasteiger partial charge is 0.234 e. The lowest BCUT2D eigenvalue weighted by Gasteiger charge is -2.25. The highest BCUT2D eigenvalue weighted by Crippen LogP contribution is 2.21. The normalized spacial score (nSPS) is 20.4. The van der Waals surface area contributed by atoms with Gasteiger partial charge in [-0.05, 0) is 43.5 Å². The maximum absolute atomic E-state index is 12.5. The van der Waals surface area contributed by atoms with Gasteiger partial charge in [0.2, 0.25) is 5.91 Å². The molecule has 2 fully saturated rings. The quantitative estimate of drug-likeness (QED) is 0.859. The number of methoxy groups -OCH3 is 1. The number of hydrogen-bond donors (Lipinski definition) is 1. The van der Waals surface area contributed by atoms with Gasteiger partial charge in [-0.2, -0.15) is 0 Å². The van der Waals surface area contributed by atoms with E-state index in [1.165, 1.54) is 37.8 Å². The Morgan fingerprint density at radius 1 is 0.963 bits per heavy atom. The summed E-state index contributed by atoms with van der Waals surface area (Å²) < 4.78 is 5.25. The van der Waals surface area contributed by atoms with Crippen LogP contribution in [0.25, 0.3) is 0 Å². The Morgan fingerprint density at radius 2 is 1.67 bits per heavy atom. The molecule has 0 unspecified atom stereocenters. The van der Waals surface area contributed by atoms with E-state index in [1.807, 2.05) is 12.1 Å². The third kappa shape index (κ3) is 6.42. The van der Waals surface area contributed by atoms with Crippen LogP contribution < -0.4 is 15.0 Å². The number of rotatable bonds is 5. The Labute approximate surface area is 164 Å². The van der Waals surface area contributed by atoms with Crippen LogP contribution in [0.4, 0.5) is 5.69 Å². The Kier molecular flexibility index (Phi) is 7.81. The third-order valence-electron chi connectivity index (χ3n) is 5.86. The summed E-state index contributed by atoms with van der Waals surface area (Å²) >= 11 is 0. The molecule has 1 saturated carbocycles. The zero-order valence-corrected chi connectivity index (χ0v) is 16.8. The largest absolute Gasteiger partial charge is 0.497 e. The van der Waals surface area contributed by atoms with Crippen LogP contribution in [-0.4, -0.2) is 56.7 Å². The molecule has 5 heteroatoms. The minimum absolute atomic E-state index is 0.207. The van der Waals surface area contributed by atoms with Gasteiger partial charge >= 0.3 is 0 Å². The number of carbonyl (C=O) groups excluding carboxylic acids is 1. The summed E-state index contributed by atoms with van der Waals surface area (Å²) in [5, 5.41) is 3.30. The summed E-state index contributed by atoms with van der Waals surface area (Å²) in [4.78, 5) is 17.2. The van der Waals surface area contributed by atoms with Crippen LogP contribution in [0.5, 0.6) is 5.75 Å². The van der Waals surface area contributed by atoms with Crippen molar-refractivity contribution in [2.75, 3.05) is 44.7 Å². The highest BCUT2D eigenvalue weighted by Gasteiger charge is 2.19. The topological polar surface area (TPSA) is 44.8 Å². The van der Waals surface area contributed by atoms with Crippen molar-refractivity contribution in [1.82, 2.24) is 10.2 Å². The van der Waals surface area contributed by atoms with Crippen molar-refractivity contribution in [1.29, 1.82) is 0 Å². The first-order valence-electron chi connectivity index (χ1n) is 10.7. The SMILES string of the molecule is COc1ccc(N2CCCN(CC(=O)NC3CCCCCCC3)CC2)cc1. The molecule has 1 aromatic carbocycles. The summed E-state index contributed by atoms with van der Waals surface area (Å²) in [7, 11) is 1.69. The highest BCUT2D eigenvalue weighted by molar-refractivity contribution is 5.78. The molecule has 0 spiro atoms. The summed E-state index contributed by atoms with van der Waals surface area (Å²) in [6.07, 6.45) is 9.90. The maximum Gasteiger partial charge on any atom is 0.234 e. The van der Waals surface area contributed by atoms with E-state index < -0.39 is 0 Å². The molecule has 0 aromatic heterocycles. The van der Waals surface area contributed by atoms with Gasteiger partial charge in [-0.3, -0.25) is 9.69 Å². The maximum atomic E-state index is 12.5. The van der Waals surface area contributed by atoms with Crippen molar-refractivity contribution < 1.29 is 9.53 Å². The van der Waals surface area contributed by atoms with E-state index in [0.717, 1.165) is 51.2 Å². The predicted molar refractivity (Wildman–Crippen MR) is 111 cm³/mol. The van der Waals surface area contributed by atoms with E-state index in [1.54, 1.807) is 7.11 Å². The number of nitrogens with one attached hydrogen (secondary N) is 1. The molecule has 1 heterocycles. The van der Waals surface area contributed by atoms with Gasteiger partial charge in [0.25, 0.3) is 0 Å². The van der Waals surface area contributed by atoms with Gasteiger partial charge in [-0.15, -0.1) is 0 Å². The second-order valence-corrected chi connectivity index (χ2v) is 7.92. The van der Waals surface area contributed by atoms with Gasteiger partial charge in [0.05, 0.1) is 13.7 Å². The third-order valence-corrected chi connectivity index (χ3v) is 5.86. The number of amides is 1. The highest BCUT2D eigenvalue weighted by atomic mass is 16.5. The van der Waals surface area contributed by atoms with E-state index in [2.05, 4.69) is 27.2 Å². The number of carbonyl (C=O) groups is 1. The first-order chi connectivity index (χ1) is 13.2. The van der Waals surface area contributed by atoms with Gasteiger partial charge in [0.15, 0.2) is 0 Å². The molecule has 5 nitrogen and oxygen atoms in total. The molecule has 3 rings (SSSR count). The molecule has 0 atom stereocenters. The van der Waals surface area contributed by atoms with Crippen LogP contribution in [0, 0.1) is 0 Å². The molecule has 1 N–H and O–H groups in total. The summed E-state index contributed by atoms with van der Waals surface area (Å²) in [5.41, 5.74) is 1.23. The fourth-order valence-electron chi connectivity index (χ4n) is 4.26. The Balaban J connectivity index is 1.45. The average molecular weight is 374 g/mol. The zero-order chi connectivity index (χ0) is 18.9. The number of benzene rings is 1. The van der Waals surface area contributed by atoms with E-state index in [9.17, 15) is 4.79 Å². The Bertz CT molecular complexity index is 567. The minimum Gasteiger partial charge on any atom is -0.497 e. The lowest BCUT2D eigenvalue weighted by molar-refractivity contribution is -0.123. The van der Waals surface area contributed by atoms with Gasteiger partial charge in [-0.25, -0.2) is 0 Å². The van der Waals surface area contributed by atoms with Crippen molar-refractivity contribution in [3.63, 3.8) is 0 Å². The molecule has 0 radical (unpaired) electrons. The zero-order valence-electron chi connectivity index (χ0n) is 16.8. The molecular formula is C22H35N3O2. The second kappa shape index (κ2) is 10.5. The van der Waals surface area contributed by atoms with Crippen molar-refractivity contribution in [2.24, 2.45) is 0 Å². The lowest BCUT2D eigenvalue weighted by Crippen LogP contribution is -2.43. The fourth-order valence-corrected chi connectivity index (χ4v) is 4.26. The number of anilines is 1. The van der Waals surface area contributed by atoms with Crippen LogP contribution in [0.3, 0.4) is 0 Å². The van der Waals surface area contributed by atoms with Crippen molar-refractivity contribution in [2.45, 2.75) is 57.4 Å². The van der Waals surface area contributed by atoms with E-state index in [-0.39, 0.29) is 5.91 Å².